The first-order chi connectivity index (χ1) is 24.0. The Hall–Kier alpha value is -4.70. The minimum absolute atomic E-state index is 0.0624. The van der Waals surface area contributed by atoms with Crippen molar-refractivity contribution in [2.45, 2.75) is 57.8 Å². The van der Waals surface area contributed by atoms with Crippen LogP contribution in [0, 0.1) is 17.6 Å². The Bertz CT molecular complexity index is 1860. The Morgan fingerprint density at radius 3 is 2.18 bits per heavy atom. The fourth-order valence-electron chi connectivity index (χ4n) is 6.91. The molecule has 1 saturated heterocycles. The molecule has 6 rings (SSSR count). The second-order valence-electron chi connectivity index (χ2n) is 12.9. The molecule has 1 atom stereocenters. The van der Waals surface area contributed by atoms with Crippen LogP contribution in [0.1, 0.15) is 59.7 Å². The summed E-state index contributed by atoms with van der Waals surface area (Å²) in [5.74, 6) is -3.15. The summed E-state index contributed by atoms with van der Waals surface area (Å²) in [5, 5.41) is 0. The Morgan fingerprint density at radius 2 is 1.52 bits per heavy atom. The van der Waals surface area contributed by atoms with Gasteiger partial charge in [-0.3, -0.25) is 14.6 Å². The van der Waals surface area contributed by atoms with Gasteiger partial charge in [-0.1, -0.05) is 67.6 Å². The summed E-state index contributed by atoms with van der Waals surface area (Å²) in [6, 6.07) is 23.3. The number of halogens is 5. The number of aryl methyl sites for hydroxylation is 1. The normalized spacial score (nSPS) is 17.0. The fourth-order valence-corrected chi connectivity index (χ4v) is 6.91. The monoisotopic (exact) mass is 687 g/mol. The van der Waals surface area contributed by atoms with Gasteiger partial charge in [-0.2, -0.15) is 13.2 Å². The Kier molecular flexibility index (Phi) is 10.6. The lowest BCUT2D eigenvalue weighted by molar-refractivity contribution is -0.137. The van der Waals surface area contributed by atoms with Crippen molar-refractivity contribution in [2.75, 3.05) is 19.6 Å². The first-order valence-corrected chi connectivity index (χ1v) is 16.9. The molecule has 260 valence electrons. The number of aliphatic imine (C=N–C) groups is 1. The van der Waals surface area contributed by atoms with Crippen LogP contribution in [0.2, 0.25) is 0 Å². The fraction of sp³-hybridized carbons (Fsp3) is 0.325. The summed E-state index contributed by atoms with van der Waals surface area (Å²) < 4.78 is 67.7. The quantitative estimate of drug-likeness (QED) is 0.156. The van der Waals surface area contributed by atoms with Gasteiger partial charge in [-0.25, -0.2) is 8.78 Å². The molecule has 5 nitrogen and oxygen atoms in total. The maximum absolute atomic E-state index is 14.5. The summed E-state index contributed by atoms with van der Waals surface area (Å²) in [4.78, 5) is 37.2. The number of Topliss-reactive ketones (excluding diaryl/α,β-unsaturated/α-hetero) is 1. The van der Waals surface area contributed by atoms with Crippen molar-refractivity contribution in [3.63, 3.8) is 0 Å². The number of nitrogens with zero attached hydrogens (tertiary/aromatic N) is 3. The summed E-state index contributed by atoms with van der Waals surface area (Å²) in [6.45, 7) is 4.97. The molecule has 0 aromatic heterocycles. The zero-order valence-electron chi connectivity index (χ0n) is 27.7. The molecule has 0 saturated carbocycles. The highest BCUT2D eigenvalue weighted by Crippen LogP contribution is 2.34. The zero-order chi connectivity index (χ0) is 35.4. The molecular formula is C40H38F5N3O2. The molecule has 10 heteroatoms. The Balaban J connectivity index is 1.24. The first-order valence-electron chi connectivity index (χ1n) is 16.9. The average molecular weight is 688 g/mol. The highest BCUT2D eigenvalue weighted by molar-refractivity contribution is 6.19. The van der Waals surface area contributed by atoms with Gasteiger partial charge in [0, 0.05) is 43.4 Å². The minimum Gasteiger partial charge on any atom is -0.335 e. The lowest BCUT2D eigenvalue weighted by atomic mass is 9.83. The van der Waals surface area contributed by atoms with E-state index in [1.165, 1.54) is 24.3 Å². The molecule has 0 spiro atoms. The van der Waals surface area contributed by atoms with Crippen LogP contribution < -0.4 is 0 Å². The third-order valence-electron chi connectivity index (χ3n) is 9.83. The number of piperidine rings is 1. The summed E-state index contributed by atoms with van der Waals surface area (Å²) >= 11 is 0. The van der Waals surface area contributed by atoms with Gasteiger partial charge in [0.25, 0.3) is 0 Å². The van der Waals surface area contributed by atoms with Crippen LogP contribution >= 0.6 is 0 Å². The lowest BCUT2D eigenvalue weighted by Crippen LogP contribution is -2.48. The van der Waals surface area contributed by atoms with E-state index in [0.717, 1.165) is 61.8 Å². The van der Waals surface area contributed by atoms with Gasteiger partial charge in [0.2, 0.25) is 5.91 Å². The van der Waals surface area contributed by atoms with Crippen molar-refractivity contribution in [3.8, 4) is 11.1 Å². The van der Waals surface area contributed by atoms with Crippen LogP contribution in [0.5, 0.6) is 0 Å². The van der Waals surface area contributed by atoms with Crippen LogP contribution in [0.25, 0.3) is 11.1 Å². The maximum Gasteiger partial charge on any atom is 0.416 e. The van der Waals surface area contributed by atoms with Crippen molar-refractivity contribution in [1.82, 2.24) is 9.80 Å². The number of rotatable bonds is 10. The van der Waals surface area contributed by atoms with E-state index in [0.29, 0.717) is 29.1 Å². The molecule has 2 heterocycles. The molecule has 2 aliphatic heterocycles. The third kappa shape index (κ3) is 7.86. The number of fused-ring (bicyclic) bond motifs is 1. The van der Waals surface area contributed by atoms with Gasteiger partial charge in [-0.15, -0.1) is 0 Å². The van der Waals surface area contributed by atoms with Gasteiger partial charge in [0.15, 0.2) is 17.4 Å². The Labute approximate surface area is 288 Å². The number of carbonyl (C=O) groups excluding carboxylic acids is 2. The number of likely N-dealkylation sites (tertiary alicyclic amines) is 1. The van der Waals surface area contributed by atoms with E-state index in [9.17, 15) is 31.5 Å². The Morgan fingerprint density at radius 1 is 0.860 bits per heavy atom. The van der Waals surface area contributed by atoms with Gasteiger partial charge in [-0.05, 0) is 84.8 Å². The van der Waals surface area contributed by atoms with Crippen molar-refractivity contribution in [1.29, 1.82) is 0 Å². The molecule has 0 N–H and O–H groups in total. The molecule has 0 radical (unpaired) electrons. The topological polar surface area (TPSA) is 53.0 Å². The molecule has 4 aromatic rings. The number of benzene rings is 4. The van der Waals surface area contributed by atoms with E-state index in [1.54, 1.807) is 24.3 Å². The van der Waals surface area contributed by atoms with Crippen molar-refractivity contribution < 1.29 is 31.5 Å². The number of carbonyl (C=O) groups is 2. The molecule has 4 aromatic carbocycles. The SMILES string of the molecule is CCN1CCC(N(Cc2ccc(-c3ccc(C(F)(F)F)cc3)cc2)C(=O)CC2C(=O)c3ccccc3N=C2CCc2cccc(F)c2F)CC1. The molecule has 1 unspecified atom stereocenters. The highest BCUT2D eigenvalue weighted by Gasteiger charge is 2.36. The van der Waals surface area contributed by atoms with E-state index in [1.807, 2.05) is 29.2 Å². The smallest absolute Gasteiger partial charge is 0.335 e. The molecule has 0 aliphatic carbocycles. The standard InChI is InChI=1S/C40H38F5N3O2/c1-2-47-22-20-31(21-23-47)48(25-26-10-12-27(13-11-26)28-14-17-30(18-15-28)40(43,44)45)37(49)24-33-36(19-16-29-6-5-8-34(41)38(29)42)46-35-9-4-3-7-32(35)39(33)50/h3-15,17-18,31,33H,2,16,19-25H2,1H3. The molecule has 2 aliphatic rings. The number of hydrogen-bond acceptors (Lipinski definition) is 4. The van der Waals surface area contributed by atoms with Crippen LogP contribution in [0.4, 0.5) is 27.6 Å². The first kappa shape index (κ1) is 35.1. The average Bonchev–Trinajstić information content (AvgIpc) is 3.12. The van der Waals surface area contributed by atoms with E-state index in [4.69, 9.17) is 4.99 Å². The number of hydrogen-bond donors (Lipinski definition) is 0. The molecule has 1 fully saturated rings. The van der Waals surface area contributed by atoms with E-state index < -0.39 is 29.3 Å². The van der Waals surface area contributed by atoms with E-state index in [2.05, 4.69) is 11.8 Å². The number of amides is 1. The van der Waals surface area contributed by atoms with Crippen molar-refractivity contribution >= 4 is 23.1 Å². The van der Waals surface area contributed by atoms with Gasteiger partial charge in [0.1, 0.15) is 0 Å². The molecular weight excluding hydrogens is 649 g/mol. The lowest BCUT2D eigenvalue weighted by Gasteiger charge is -2.39. The van der Waals surface area contributed by atoms with Gasteiger partial charge < -0.3 is 9.80 Å². The zero-order valence-corrected chi connectivity index (χ0v) is 27.7. The number of ketones is 1. The van der Waals surface area contributed by atoms with Crippen LogP contribution in [-0.4, -0.2) is 52.9 Å². The van der Waals surface area contributed by atoms with Gasteiger partial charge >= 0.3 is 6.18 Å². The second kappa shape index (κ2) is 15.0. The van der Waals surface area contributed by atoms with Crippen molar-refractivity contribution in [2.24, 2.45) is 10.9 Å². The molecule has 50 heavy (non-hydrogen) atoms. The predicted molar refractivity (Wildman–Crippen MR) is 183 cm³/mol. The van der Waals surface area contributed by atoms with Crippen LogP contribution in [-0.2, 0) is 23.9 Å². The maximum atomic E-state index is 14.5. The number of para-hydroxylation sites is 1. The largest absolute Gasteiger partial charge is 0.416 e. The molecule has 1 amide bonds. The van der Waals surface area contributed by atoms with Crippen LogP contribution in [0.3, 0.4) is 0 Å². The highest BCUT2D eigenvalue weighted by atomic mass is 19.4. The third-order valence-corrected chi connectivity index (χ3v) is 9.83. The van der Waals surface area contributed by atoms with Crippen LogP contribution in [0.15, 0.2) is 96.0 Å². The summed E-state index contributed by atoms with van der Waals surface area (Å²) in [5.41, 5.74) is 3.09. The number of alkyl halides is 3. The van der Waals surface area contributed by atoms with E-state index in [-0.39, 0.29) is 42.6 Å². The summed E-state index contributed by atoms with van der Waals surface area (Å²) in [6.07, 6.45) is -2.70. The van der Waals surface area contributed by atoms with E-state index >= 15 is 0 Å². The second-order valence-corrected chi connectivity index (χ2v) is 12.9. The minimum atomic E-state index is -4.41. The van der Waals surface area contributed by atoms with Crippen molar-refractivity contribution in [3.05, 3.63) is 125 Å². The van der Waals surface area contributed by atoms with Gasteiger partial charge in [0.05, 0.1) is 17.2 Å². The molecule has 0 bridgehead atoms. The predicted octanol–water partition coefficient (Wildman–Crippen LogP) is 9.07. The summed E-state index contributed by atoms with van der Waals surface area (Å²) in [7, 11) is 0.